The highest BCUT2D eigenvalue weighted by molar-refractivity contribution is 5.93. The van der Waals surface area contributed by atoms with Crippen LogP contribution in [0.2, 0.25) is 0 Å². The van der Waals surface area contributed by atoms with Crippen molar-refractivity contribution in [3.63, 3.8) is 0 Å². The Balaban J connectivity index is 1.58. The van der Waals surface area contributed by atoms with Crippen molar-refractivity contribution >= 4 is 5.91 Å². The van der Waals surface area contributed by atoms with Gasteiger partial charge in [0.15, 0.2) is 0 Å². The van der Waals surface area contributed by atoms with Crippen LogP contribution in [0, 0.1) is 0 Å². The van der Waals surface area contributed by atoms with Crippen LogP contribution < -0.4 is 10.1 Å². The highest BCUT2D eigenvalue weighted by atomic mass is 16.5. The number of aromatic nitrogens is 1. The second kappa shape index (κ2) is 7.49. The summed E-state index contributed by atoms with van der Waals surface area (Å²) in [5, 5.41) is 2.98. The monoisotopic (exact) mass is 316 g/mol. The molecule has 1 aliphatic carbocycles. The molecule has 1 aromatic rings. The maximum atomic E-state index is 12.4. The van der Waals surface area contributed by atoms with Gasteiger partial charge in [-0.2, -0.15) is 0 Å². The van der Waals surface area contributed by atoms with Crippen LogP contribution in [0.15, 0.2) is 29.7 Å². The van der Waals surface area contributed by atoms with Gasteiger partial charge in [0.2, 0.25) is 5.88 Å². The lowest BCUT2D eigenvalue weighted by Gasteiger charge is -2.25. The quantitative estimate of drug-likeness (QED) is 0.876. The van der Waals surface area contributed by atoms with E-state index in [1.54, 1.807) is 6.20 Å². The molecule has 1 aliphatic heterocycles. The largest absolute Gasteiger partial charge is 0.497 e. The van der Waals surface area contributed by atoms with Crippen LogP contribution in [0.25, 0.3) is 0 Å². The summed E-state index contributed by atoms with van der Waals surface area (Å²) in [5.74, 6) is 1.45. The summed E-state index contributed by atoms with van der Waals surface area (Å²) in [4.78, 5) is 16.6. The van der Waals surface area contributed by atoms with E-state index in [0.717, 1.165) is 49.0 Å². The minimum atomic E-state index is -0.0279. The number of hydrogen-bond donors (Lipinski definition) is 1. The summed E-state index contributed by atoms with van der Waals surface area (Å²) in [6.45, 7) is 3.20. The molecule has 1 fully saturated rings. The van der Waals surface area contributed by atoms with Gasteiger partial charge >= 0.3 is 0 Å². The Morgan fingerprint density at radius 2 is 2.30 bits per heavy atom. The number of nitrogens with zero attached hydrogens (tertiary/aromatic N) is 1. The van der Waals surface area contributed by atoms with Gasteiger partial charge in [0.1, 0.15) is 11.9 Å². The molecule has 23 heavy (non-hydrogen) atoms. The van der Waals surface area contributed by atoms with Gasteiger partial charge < -0.3 is 14.8 Å². The first-order valence-electron chi connectivity index (χ1n) is 8.51. The lowest BCUT2D eigenvalue weighted by Crippen LogP contribution is -2.28. The van der Waals surface area contributed by atoms with Crippen LogP contribution in [-0.2, 0) is 16.1 Å². The van der Waals surface area contributed by atoms with E-state index < -0.39 is 0 Å². The number of carbonyl (C=O) groups is 1. The summed E-state index contributed by atoms with van der Waals surface area (Å²) in [6.07, 6.45) is 7.95. The molecule has 1 saturated carbocycles. The maximum Gasteiger partial charge on any atom is 0.250 e. The Hall–Kier alpha value is -2.04. The molecule has 1 N–H and O–H groups in total. The zero-order valence-corrected chi connectivity index (χ0v) is 13.6. The molecule has 0 unspecified atom stereocenters. The van der Waals surface area contributed by atoms with E-state index in [4.69, 9.17) is 9.47 Å². The van der Waals surface area contributed by atoms with E-state index in [2.05, 4.69) is 10.3 Å². The van der Waals surface area contributed by atoms with Gasteiger partial charge in [-0.3, -0.25) is 4.79 Å². The minimum Gasteiger partial charge on any atom is -0.497 e. The fourth-order valence-electron chi connectivity index (χ4n) is 2.80. The molecule has 1 aromatic heterocycles. The lowest BCUT2D eigenvalue weighted by atomic mass is 9.96. The van der Waals surface area contributed by atoms with Gasteiger partial charge in [0.25, 0.3) is 5.91 Å². The molecule has 0 radical (unpaired) electrons. The van der Waals surface area contributed by atoms with Crippen molar-refractivity contribution in [3.8, 4) is 5.88 Å². The van der Waals surface area contributed by atoms with Crippen molar-refractivity contribution in [2.75, 3.05) is 6.61 Å². The summed E-state index contributed by atoms with van der Waals surface area (Å²) in [7, 11) is 0. The van der Waals surface area contributed by atoms with Crippen LogP contribution in [0.5, 0.6) is 5.88 Å². The Bertz CT molecular complexity index is 594. The highest BCUT2D eigenvalue weighted by Crippen LogP contribution is 2.24. The first-order chi connectivity index (χ1) is 11.3. The molecular weight excluding hydrogens is 292 g/mol. The lowest BCUT2D eigenvalue weighted by molar-refractivity contribution is -0.118. The van der Waals surface area contributed by atoms with Crippen LogP contribution >= 0.6 is 0 Å². The van der Waals surface area contributed by atoms with E-state index in [9.17, 15) is 4.79 Å². The molecule has 0 atom stereocenters. The zero-order chi connectivity index (χ0) is 16.1. The third-order valence-electron chi connectivity index (χ3n) is 4.37. The number of allylic oxidation sites excluding steroid dienone is 1. The van der Waals surface area contributed by atoms with Crippen molar-refractivity contribution in [2.24, 2.45) is 0 Å². The third-order valence-corrected chi connectivity index (χ3v) is 4.37. The molecule has 5 nitrogen and oxygen atoms in total. The molecule has 0 bridgehead atoms. The number of hydrogen-bond acceptors (Lipinski definition) is 4. The fraction of sp³-hybridized carbons (Fsp3) is 0.556. The topological polar surface area (TPSA) is 60.5 Å². The first kappa shape index (κ1) is 15.8. The molecule has 5 heteroatoms. The number of pyridine rings is 1. The third kappa shape index (κ3) is 4.03. The van der Waals surface area contributed by atoms with Gasteiger partial charge in [-0.05, 0) is 43.7 Å². The average Bonchev–Trinajstić information content (AvgIpc) is 2.56. The van der Waals surface area contributed by atoms with Crippen LogP contribution in [-0.4, -0.2) is 23.6 Å². The normalized spacial score (nSPS) is 18.1. The average molecular weight is 316 g/mol. The van der Waals surface area contributed by atoms with Crippen LogP contribution in [0.3, 0.4) is 0 Å². The smallest absolute Gasteiger partial charge is 0.250 e. The number of carbonyl (C=O) groups excluding carboxylic acids is 1. The molecule has 0 aromatic carbocycles. The Morgan fingerprint density at radius 1 is 1.43 bits per heavy atom. The Kier molecular flexibility index (Phi) is 5.16. The number of rotatable bonds is 6. The molecule has 124 valence electrons. The van der Waals surface area contributed by atoms with E-state index in [1.165, 1.54) is 6.42 Å². The number of amides is 1. The summed E-state index contributed by atoms with van der Waals surface area (Å²) in [5.41, 5.74) is 1.79. The molecule has 3 rings (SSSR count). The van der Waals surface area contributed by atoms with Crippen molar-refractivity contribution < 1.29 is 14.3 Å². The van der Waals surface area contributed by atoms with E-state index >= 15 is 0 Å². The fourth-order valence-corrected chi connectivity index (χ4v) is 2.80. The van der Waals surface area contributed by atoms with Gasteiger partial charge in [-0.15, -0.1) is 0 Å². The Labute approximate surface area is 137 Å². The predicted molar refractivity (Wildman–Crippen MR) is 86.9 cm³/mol. The number of nitrogens with one attached hydrogen (secondary N) is 1. The van der Waals surface area contributed by atoms with Gasteiger partial charge in [0.05, 0.1) is 12.2 Å². The van der Waals surface area contributed by atoms with Crippen molar-refractivity contribution in [1.29, 1.82) is 0 Å². The van der Waals surface area contributed by atoms with Gasteiger partial charge in [-0.1, -0.05) is 6.92 Å². The maximum absolute atomic E-state index is 12.4. The predicted octanol–water partition coefficient (Wildman–Crippen LogP) is 3.10. The van der Waals surface area contributed by atoms with Crippen molar-refractivity contribution in [1.82, 2.24) is 10.3 Å². The first-order valence-corrected chi connectivity index (χ1v) is 8.51. The molecule has 0 spiro atoms. The summed E-state index contributed by atoms with van der Waals surface area (Å²) >= 11 is 0. The highest BCUT2D eigenvalue weighted by Gasteiger charge is 2.20. The zero-order valence-electron chi connectivity index (χ0n) is 13.6. The standard InChI is InChI=1S/C18H24N2O3/c1-2-16-15(7-4-10-22-16)18(21)20-12-13-8-9-19-17(11-13)23-14-5-3-6-14/h8-9,11,14H,2-7,10,12H2,1H3,(H,20,21). The van der Waals surface area contributed by atoms with Crippen molar-refractivity contribution in [3.05, 3.63) is 35.2 Å². The number of ether oxygens (including phenoxy) is 2. The molecule has 2 aliphatic rings. The van der Waals surface area contributed by atoms with Crippen molar-refractivity contribution in [2.45, 2.75) is 58.1 Å². The van der Waals surface area contributed by atoms with Gasteiger partial charge in [0, 0.05) is 25.2 Å². The second-order valence-electron chi connectivity index (χ2n) is 6.06. The van der Waals surface area contributed by atoms with Crippen LogP contribution in [0.1, 0.15) is 51.0 Å². The summed E-state index contributed by atoms with van der Waals surface area (Å²) in [6, 6.07) is 3.81. The van der Waals surface area contributed by atoms with Crippen LogP contribution in [0.4, 0.5) is 0 Å². The molecule has 2 heterocycles. The minimum absolute atomic E-state index is 0.0279. The summed E-state index contributed by atoms with van der Waals surface area (Å²) < 4.78 is 11.4. The van der Waals surface area contributed by atoms with E-state index in [1.807, 2.05) is 19.1 Å². The Morgan fingerprint density at radius 3 is 3.04 bits per heavy atom. The van der Waals surface area contributed by atoms with E-state index in [-0.39, 0.29) is 5.91 Å². The van der Waals surface area contributed by atoms with Gasteiger partial charge in [-0.25, -0.2) is 4.98 Å². The SMILES string of the molecule is CCC1=C(C(=O)NCc2ccnc(OC3CCC3)c2)CCCO1. The molecule has 0 saturated heterocycles. The second-order valence-corrected chi connectivity index (χ2v) is 6.06. The molecular formula is C18H24N2O3. The molecule has 1 amide bonds. The van der Waals surface area contributed by atoms with E-state index in [0.29, 0.717) is 25.1 Å².